The Balaban J connectivity index is 3.31. The Bertz CT molecular complexity index is 480. The average Bonchev–Trinajstić information content (AvgIpc) is 2.16. The van der Waals surface area contributed by atoms with E-state index in [1.807, 2.05) is 0 Å². The van der Waals surface area contributed by atoms with E-state index in [-0.39, 0.29) is 11.5 Å². The van der Waals surface area contributed by atoms with E-state index in [0.717, 1.165) is 0 Å². The van der Waals surface area contributed by atoms with Crippen molar-refractivity contribution in [2.75, 3.05) is 0 Å². The van der Waals surface area contributed by atoms with Crippen LogP contribution in [0.3, 0.4) is 0 Å². The number of ketones is 1. The minimum atomic E-state index is -0.504. The standard InChI is InChI=1S/C11H10ClNO3/c1-7(8(2)14)5-9-6-10(12)3-4-11(9)13(15)16/h3-6H,1-2H3/b7-5+. The van der Waals surface area contributed by atoms with Gasteiger partial charge in [-0.25, -0.2) is 0 Å². The lowest BCUT2D eigenvalue weighted by atomic mass is 10.1. The highest BCUT2D eigenvalue weighted by Gasteiger charge is 2.12. The third-order valence-corrected chi connectivity index (χ3v) is 2.35. The molecule has 0 aliphatic heterocycles. The van der Waals surface area contributed by atoms with Crippen molar-refractivity contribution in [3.63, 3.8) is 0 Å². The maximum absolute atomic E-state index is 11.0. The van der Waals surface area contributed by atoms with Crippen molar-refractivity contribution < 1.29 is 9.72 Å². The van der Waals surface area contributed by atoms with E-state index in [1.54, 1.807) is 6.92 Å². The molecule has 1 aromatic rings. The summed E-state index contributed by atoms with van der Waals surface area (Å²) in [4.78, 5) is 21.3. The van der Waals surface area contributed by atoms with Crippen molar-refractivity contribution in [3.05, 3.63) is 44.5 Å². The molecule has 0 atom stereocenters. The van der Waals surface area contributed by atoms with Gasteiger partial charge in [-0.1, -0.05) is 11.6 Å². The maximum atomic E-state index is 11.0. The van der Waals surface area contributed by atoms with E-state index in [1.165, 1.54) is 31.2 Å². The molecule has 0 radical (unpaired) electrons. The number of hydrogen-bond acceptors (Lipinski definition) is 3. The summed E-state index contributed by atoms with van der Waals surface area (Å²) in [6.45, 7) is 3.01. The van der Waals surface area contributed by atoms with Crippen molar-refractivity contribution in [2.24, 2.45) is 0 Å². The van der Waals surface area contributed by atoms with Crippen LogP contribution in [0.5, 0.6) is 0 Å². The van der Waals surface area contributed by atoms with Gasteiger partial charge in [-0.05, 0) is 37.6 Å². The predicted octanol–water partition coefficient (Wildman–Crippen LogP) is 3.24. The van der Waals surface area contributed by atoms with E-state index < -0.39 is 4.92 Å². The Kier molecular flexibility index (Phi) is 3.79. The second-order valence-electron chi connectivity index (χ2n) is 3.34. The predicted molar refractivity (Wildman–Crippen MR) is 62.4 cm³/mol. The fourth-order valence-electron chi connectivity index (χ4n) is 1.14. The van der Waals surface area contributed by atoms with E-state index in [9.17, 15) is 14.9 Å². The molecule has 0 aliphatic carbocycles. The van der Waals surface area contributed by atoms with Gasteiger partial charge < -0.3 is 0 Å². The van der Waals surface area contributed by atoms with Crippen molar-refractivity contribution in [1.82, 2.24) is 0 Å². The lowest BCUT2D eigenvalue weighted by Crippen LogP contribution is -1.94. The summed E-state index contributed by atoms with van der Waals surface area (Å²) in [6.07, 6.45) is 1.46. The van der Waals surface area contributed by atoms with Crippen LogP contribution in [0, 0.1) is 10.1 Å². The monoisotopic (exact) mass is 239 g/mol. The number of nitro benzene ring substituents is 1. The van der Waals surface area contributed by atoms with E-state index in [2.05, 4.69) is 0 Å². The van der Waals surface area contributed by atoms with Gasteiger partial charge in [0.05, 0.1) is 10.5 Å². The Morgan fingerprint density at radius 2 is 2.06 bits per heavy atom. The Labute approximate surface area is 97.7 Å². The summed E-state index contributed by atoms with van der Waals surface area (Å²) in [5.74, 6) is -0.130. The minimum Gasteiger partial charge on any atom is -0.295 e. The van der Waals surface area contributed by atoms with Crippen molar-refractivity contribution in [3.8, 4) is 0 Å². The molecule has 4 nitrogen and oxygen atoms in total. The molecule has 0 saturated heterocycles. The quantitative estimate of drug-likeness (QED) is 0.462. The summed E-state index contributed by atoms with van der Waals surface area (Å²) < 4.78 is 0. The third-order valence-electron chi connectivity index (χ3n) is 2.11. The molecule has 0 amide bonds. The number of Topliss-reactive ketones (excluding diaryl/α,β-unsaturated/α-hetero) is 1. The van der Waals surface area contributed by atoms with Crippen LogP contribution in [0.4, 0.5) is 5.69 Å². The normalized spacial score (nSPS) is 11.3. The molecule has 1 aromatic carbocycles. The highest BCUT2D eigenvalue weighted by molar-refractivity contribution is 6.30. The molecule has 0 N–H and O–H groups in total. The summed E-state index contributed by atoms with van der Waals surface area (Å²) >= 11 is 5.75. The Morgan fingerprint density at radius 1 is 1.44 bits per heavy atom. The Morgan fingerprint density at radius 3 is 2.56 bits per heavy atom. The topological polar surface area (TPSA) is 60.2 Å². The first-order valence-corrected chi connectivity index (χ1v) is 4.93. The van der Waals surface area contributed by atoms with E-state index >= 15 is 0 Å². The van der Waals surface area contributed by atoms with Crippen LogP contribution in [0.15, 0.2) is 23.8 Å². The van der Waals surface area contributed by atoms with Gasteiger partial charge in [0.25, 0.3) is 5.69 Å². The molecule has 16 heavy (non-hydrogen) atoms. The molecule has 0 heterocycles. The number of carbonyl (C=O) groups excluding carboxylic acids is 1. The largest absolute Gasteiger partial charge is 0.295 e. The molecule has 0 spiro atoms. The third kappa shape index (κ3) is 2.90. The summed E-state index contributed by atoms with van der Waals surface area (Å²) in [7, 11) is 0. The van der Waals surface area contributed by atoms with Crippen LogP contribution >= 0.6 is 11.6 Å². The molecule has 84 valence electrons. The lowest BCUT2D eigenvalue weighted by Gasteiger charge is -2.00. The van der Waals surface area contributed by atoms with Crippen LogP contribution in [0.2, 0.25) is 5.02 Å². The summed E-state index contributed by atoms with van der Waals surface area (Å²) in [5, 5.41) is 11.1. The molecule has 0 bridgehead atoms. The SMILES string of the molecule is CC(=O)/C(C)=C/c1cc(Cl)ccc1[N+](=O)[O-]. The van der Waals surface area contributed by atoms with Crippen molar-refractivity contribution >= 4 is 29.1 Å². The molecule has 1 rings (SSSR count). The number of nitrogens with zero attached hydrogens (tertiary/aromatic N) is 1. The number of allylic oxidation sites excluding steroid dienone is 1. The van der Waals surface area contributed by atoms with Gasteiger partial charge in [-0.2, -0.15) is 0 Å². The second kappa shape index (κ2) is 4.90. The van der Waals surface area contributed by atoms with Gasteiger partial charge in [0.15, 0.2) is 5.78 Å². The molecule has 0 aromatic heterocycles. The van der Waals surface area contributed by atoms with Crippen molar-refractivity contribution in [1.29, 1.82) is 0 Å². The summed E-state index contributed by atoms with van der Waals surface area (Å²) in [6, 6.07) is 4.23. The van der Waals surface area contributed by atoms with Gasteiger partial charge in [-0.15, -0.1) is 0 Å². The molecule has 5 heteroatoms. The maximum Gasteiger partial charge on any atom is 0.276 e. The number of benzene rings is 1. The zero-order chi connectivity index (χ0) is 12.3. The van der Waals surface area contributed by atoms with Crippen LogP contribution in [0.25, 0.3) is 6.08 Å². The number of nitro groups is 1. The molecule has 0 unspecified atom stereocenters. The average molecular weight is 240 g/mol. The number of halogens is 1. The Hall–Kier alpha value is -1.68. The van der Waals surface area contributed by atoms with E-state index in [0.29, 0.717) is 16.2 Å². The number of hydrogen-bond donors (Lipinski definition) is 0. The lowest BCUT2D eigenvalue weighted by molar-refractivity contribution is -0.385. The highest BCUT2D eigenvalue weighted by atomic mass is 35.5. The van der Waals surface area contributed by atoms with Gasteiger partial charge >= 0.3 is 0 Å². The van der Waals surface area contributed by atoms with Crippen LogP contribution < -0.4 is 0 Å². The van der Waals surface area contributed by atoms with Gasteiger partial charge in [0.1, 0.15) is 0 Å². The first kappa shape index (κ1) is 12.4. The van der Waals surface area contributed by atoms with Crippen molar-refractivity contribution in [2.45, 2.75) is 13.8 Å². The fourth-order valence-corrected chi connectivity index (χ4v) is 1.32. The molecule has 0 aliphatic rings. The first-order chi connectivity index (χ1) is 7.41. The summed E-state index contributed by atoms with van der Waals surface area (Å²) in [5.41, 5.74) is 0.723. The zero-order valence-corrected chi connectivity index (χ0v) is 9.62. The first-order valence-electron chi connectivity index (χ1n) is 4.55. The van der Waals surface area contributed by atoms with Crippen LogP contribution in [0.1, 0.15) is 19.4 Å². The minimum absolute atomic E-state index is 0.0648. The van der Waals surface area contributed by atoms with Crippen LogP contribution in [-0.2, 0) is 4.79 Å². The fraction of sp³-hybridized carbons (Fsp3) is 0.182. The second-order valence-corrected chi connectivity index (χ2v) is 3.78. The number of rotatable bonds is 3. The van der Waals surface area contributed by atoms with Gasteiger partial charge in [0.2, 0.25) is 0 Å². The zero-order valence-electron chi connectivity index (χ0n) is 8.86. The number of carbonyl (C=O) groups is 1. The molecular weight excluding hydrogens is 230 g/mol. The van der Waals surface area contributed by atoms with E-state index in [4.69, 9.17) is 11.6 Å². The van der Waals surface area contributed by atoms with Crippen LogP contribution in [-0.4, -0.2) is 10.7 Å². The highest BCUT2D eigenvalue weighted by Crippen LogP contribution is 2.24. The van der Waals surface area contributed by atoms with Gasteiger partial charge in [0, 0.05) is 11.1 Å². The molecule has 0 saturated carbocycles. The van der Waals surface area contributed by atoms with Gasteiger partial charge in [-0.3, -0.25) is 14.9 Å². The molecule has 0 fully saturated rings. The molecular formula is C11H10ClNO3. The smallest absolute Gasteiger partial charge is 0.276 e.